The number of primary sulfonamides is 1. The summed E-state index contributed by atoms with van der Waals surface area (Å²) in [6.45, 7) is 2.41. The lowest BCUT2D eigenvalue weighted by Gasteiger charge is -2.23. The van der Waals surface area contributed by atoms with Gasteiger partial charge in [-0.3, -0.25) is 4.79 Å². The molecule has 1 aromatic carbocycles. The predicted octanol–water partition coefficient (Wildman–Crippen LogP) is 0.521. The third-order valence-corrected chi connectivity index (χ3v) is 4.13. The fraction of sp³-hybridized carbons (Fsp3) is 0.417. The quantitative estimate of drug-likeness (QED) is 0.848. The van der Waals surface area contributed by atoms with Gasteiger partial charge in [0.1, 0.15) is 16.5 Å². The van der Waals surface area contributed by atoms with Crippen LogP contribution in [0.5, 0.6) is 0 Å². The molecule has 0 aliphatic carbocycles. The van der Waals surface area contributed by atoms with Crippen LogP contribution in [0.4, 0.5) is 8.78 Å². The van der Waals surface area contributed by atoms with Gasteiger partial charge in [-0.1, -0.05) is 0 Å². The molecule has 0 bridgehead atoms. The number of nitrogens with one attached hydrogen (secondary N) is 1. The van der Waals surface area contributed by atoms with Crippen LogP contribution in [0, 0.1) is 11.6 Å². The van der Waals surface area contributed by atoms with Crippen LogP contribution < -0.4 is 10.5 Å². The van der Waals surface area contributed by atoms with E-state index in [1.165, 1.54) is 0 Å². The maximum Gasteiger partial charge on any atom is 0.254 e. The summed E-state index contributed by atoms with van der Waals surface area (Å²) in [6.07, 6.45) is 0.531. The highest BCUT2D eigenvalue weighted by molar-refractivity contribution is 7.89. The third kappa shape index (κ3) is 3.36. The van der Waals surface area contributed by atoms with Crippen molar-refractivity contribution in [1.29, 1.82) is 0 Å². The summed E-state index contributed by atoms with van der Waals surface area (Å²) in [5, 5.41) is 7.37. The molecule has 1 amide bonds. The molecule has 9 heteroatoms. The highest BCUT2D eigenvalue weighted by Crippen LogP contribution is 2.21. The van der Waals surface area contributed by atoms with Gasteiger partial charge < -0.3 is 10.1 Å². The summed E-state index contributed by atoms with van der Waals surface area (Å²) in [4.78, 5) is 11.1. The summed E-state index contributed by atoms with van der Waals surface area (Å²) >= 11 is 0. The number of hydrogen-bond acceptors (Lipinski definition) is 4. The molecule has 1 aromatic rings. The maximum atomic E-state index is 13.7. The van der Waals surface area contributed by atoms with Crippen molar-refractivity contribution in [2.45, 2.75) is 23.8 Å². The number of benzene rings is 1. The summed E-state index contributed by atoms with van der Waals surface area (Å²) in [7, 11) is -4.40. The lowest BCUT2D eigenvalue weighted by Crippen LogP contribution is -2.46. The second kappa shape index (κ2) is 5.32. The van der Waals surface area contributed by atoms with Gasteiger partial charge in [0.25, 0.3) is 5.91 Å². The minimum absolute atomic E-state index is 0.254. The molecule has 0 radical (unpaired) electrons. The Bertz CT molecular complexity index is 685. The van der Waals surface area contributed by atoms with Gasteiger partial charge in [-0.05, 0) is 19.4 Å². The zero-order valence-corrected chi connectivity index (χ0v) is 12.0. The first-order valence-corrected chi connectivity index (χ1v) is 7.59. The molecule has 1 aliphatic heterocycles. The molecular weight excluding hydrogens is 306 g/mol. The molecule has 6 nitrogen and oxygen atoms in total. The van der Waals surface area contributed by atoms with Gasteiger partial charge >= 0.3 is 0 Å². The molecule has 0 spiro atoms. The van der Waals surface area contributed by atoms with E-state index in [0.29, 0.717) is 25.2 Å². The number of halogens is 2. The van der Waals surface area contributed by atoms with Gasteiger partial charge in [-0.2, -0.15) is 0 Å². The van der Waals surface area contributed by atoms with Crippen LogP contribution >= 0.6 is 0 Å². The number of carbonyl (C=O) groups is 1. The largest absolute Gasteiger partial charge is 0.379 e. The Balaban J connectivity index is 2.37. The second-order valence-electron chi connectivity index (χ2n) is 5.12. The van der Waals surface area contributed by atoms with E-state index in [-0.39, 0.29) is 6.61 Å². The van der Waals surface area contributed by atoms with E-state index >= 15 is 0 Å². The van der Waals surface area contributed by atoms with Gasteiger partial charge in [0.15, 0.2) is 0 Å². The summed E-state index contributed by atoms with van der Waals surface area (Å²) in [5.74, 6) is -3.37. The van der Waals surface area contributed by atoms with Crippen molar-refractivity contribution in [3.8, 4) is 0 Å². The normalized spacial score (nSPS) is 22.3. The van der Waals surface area contributed by atoms with Crippen LogP contribution in [-0.4, -0.2) is 33.1 Å². The predicted molar refractivity (Wildman–Crippen MR) is 69.0 cm³/mol. The first kappa shape index (κ1) is 15.8. The molecule has 1 atom stereocenters. The average Bonchev–Trinajstić information content (AvgIpc) is 2.73. The molecule has 0 saturated carbocycles. The Kier molecular flexibility index (Phi) is 4.00. The fourth-order valence-electron chi connectivity index (χ4n) is 2.03. The number of sulfonamides is 1. The van der Waals surface area contributed by atoms with E-state index in [0.717, 1.165) is 0 Å². The van der Waals surface area contributed by atoms with Crippen molar-refractivity contribution in [1.82, 2.24) is 5.32 Å². The third-order valence-electron chi connectivity index (χ3n) is 3.21. The average molecular weight is 320 g/mol. The monoisotopic (exact) mass is 320 g/mol. The molecule has 2 rings (SSSR count). The highest BCUT2D eigenvalue weighted by atomic mass is 32.2. The Morgan fingerprint density at radius 3 is 2.57 bits per heavy atom. The summed E-state index contributed by atoms with van der Waals surface area (Å²) in [6, 6.07) is 0.913. The Hall–Kier alpha value is -1.58. The van der Waals surface area contributed by atoms with Crippen LogP contribution in [-0.2, 0) is 14.8 Å². The second-order valence-corrected chi connectivity index (χ2v) is 6.65. The smallest absolute Gasteiger partial charge is 0.254 e. The first-order chi connectivity index (χ1) is 9.62. The molecule has 0 aromatic heterocycles. The minimum atomic E-state index is -4.40. The fourth-order valence-corrected chi connectivity index (χ4v) is 2.64. The van der Waals surface area contributed by atoms with Gasteiger partial charge in [0, 0.05) is 12.7 Å². The molecule has 1 saturated heterocycles. The van der Waals surface area contributed by atoms with Crippen LogP contribution in [0.2, 0.25) is 0 Å². The minimum Gasteiger partial charge on any atom is -0.379 e. The maximum absolute atomic E-state index is 13.7. The van der Waals surface area contributed by atoms with Crippen molar-refractivity contribution in [2.75, 3.05) is 13.2 Å². The lowest BCUT2D eigenvalue weighted by atomic mass is 10.0. The van der Waals surface area contributed by atoms with Crippen molar-refractivity contribution >= 4 is 15.9 Å². The zero-order chi connectivity index (χ0) is 15.8. The van der Waals surface area contributed by atoms with Crippen molar-refractivity contribution in [3.63, 3.8) is 0 Å². The van der Waals surface area contributed by atoms with Crippen LogP contribution in [0.3, 0.4) is 0 Å². The molecule has 21 heavy (non-hydrogen) atoms. The number of carbonyl (C=O) groups excluding carboxylic acids is 1. The number of hydrogen-bond donors (Lipinski definition) is 2. The van der Waals surface area contributed by atoms with Crippen molar-refractivity contribution < 1.29 is 26.7 Å². The Morgan fingerprint density at radius 2 is 2.05 bits per heavy atom. The van der Waals surface area contributed by atoms with Gasteiger partial charge in [0.2, 0.25) is 10.0 Å². The van der Waals surface area contributed by atoms with Crippen LogP contribution in [0.25, 0.3) is 0 Å². The van der Waals surface area contributed by atoms with Gasteiger partial charge in [0.05, 0.1) is 17.7 Å². The number of rotatable bonds is 3. The molecule has 3 N–H and O–H groups in total. The molecule has 116 valence electrons. The SMILES string of the molecule is CC1(NC(=O)c2cc(S(N)(=O)=O)c(F)cc2F)CCOC1. The number of amides is 1. The van der Waals surface area contributed by atoms with E-state index in [2.05, 4.69) is 5.32 Å². The Labute approximate surface area is 120 Å². The zero-order valence-electron chi connectivity index (χ0n) is 11.2. The molecule has 1 fully saturated rings. The standard InChI is InChI=1S/C12H14F2N2O4S/c1-12(2-3-20-6-12)16-11(17)7-4-10(21(15,18)19)9(14)5-8(7)13/h4-5H,2-3,6H2,1H3,(H,16,17)(H2,15,18,19). The first-order valence-electron chi connectivity index (χ1n) is 6.04. The van der Waals surface area contributed by atoms with Crippen molar-refractivity contribution in [2.24, 2.45) is 5.14 Å². The van der Waals surface area contributed by atoms with Crippen LogP contribution in [0.1, 0.15) is 23.7 Å². The summed E-state index contributed by atoms with van der Waals surface area (Å²) < 4.78 is 54.7. The van der Waals surface area contributed by atoms with Crippen molar-refractivity contribution in [3.05, 3.63) is 29.3 Å². The van der Waals surface area contributed by atoms with E-state index in [1.807, 2.05) is 0 Å². The van der Waals surface area contributed by atoms with E-state index in [4.69, 9.17) is 9.88 Å². The summed E-state index contributed by atoms with van der Waals surface area (Å²) in [5.41, 5.74) is -1.27. The topological polar surface area (TPSA) is 98.5 Å². The molecule has 1 unspecified atom stereocenters. The molecule has 1 aliphatic rings. The Morgan fingerprint density at radius 1 is 1.38 bits per heavy atom. The molecule has 1 heterocycles. The van der Waals surface area contributed by atoms with Crippen LogP contribution in [0.15, 0.2) is 17.0 Å². The number of nitrogens with two attached hydrogens (primary N) is 1. The molecular formula is C12H14F2N2O4S. The number of ether oxygens (including phenoxy) is 1. The van der Waals surface area contributed by atoms with E-state index < -0.39 is 43.6 Å². The van der Waals surface area contributed by atoms with Gasteiger partial charge in [-0.15, -0.1) is 0 Å². The van der Waals surface area contributed by atoms with Gasteiger partial charge in [-0.25, -0.2) is 22.3 Å². The highest BCUT2D eigenvalue weighted by Gasteiger charge is 2.32. The van der Waals surface area contributed by atoms with E-state index in [1.54, 1.807) is 6.92 Å². The lowest BCUT2D eigenvalue weighted by molar-refractivity contribution is 0.0885. The van der Waals surface area contributed by atoms with E-state index in [9.17, 15) is 22.0 Å².